The molecule has 0 aliphatic carbocycles. The van der Waals surface area contributed by atoms with Gasteiger partial charge in [0.1, 0.15) is 11.5 Å². The maximum Gasteiger partial charge on any atom is 0.335 e. The molecule has 1 heterocycles. The molecule has 3 heteroatoms. The summed E-state index contributed by atoms with van der Waals surface area (Å²) in [7, 11) is 0. The van der Waals surface area contributed by atoms with Crippen molar-refractivity contribution in [2.45, 2.75) is 97.3 Å². The fourth-order valence-electron chi connectivity index (χ4n) is 3.15. The Morgan fingerprint density at radius 1 is 0.920 bits per heavy atom. The summed E-state index contributed by atoms with van der Waals surface area (Å²) in [4.78, 5) is 23.3. The first-order chi connectivity index (χ1) is 12.1. The summed E-state index contributed by atoms with van der Waals surface area (Å²) in [5.74, 6) is 0.689. The molecule has 0 fully saturated rings. The van der Waals surface area contributed by atoms with Gasteiger partial charge in [-0.1, -0.05) is 90.5 Å². The zero-order valence-corrected chi connectivity index (χ0v) is 16.2. The monoisotopic (exact) mass is 348 g/mol. The van der Waals surface area contributed by atoms with E-state index in [4.69, 9.17) is 4.42 Å². The Bertz CT molecular complexity index is 518. The first-order valence-electron chi connectivity index (χ1n) is 10.2. The number of unbranched alkanes of at least 4 members (excludes halogenated alkanes) is 10. The number of carbonyl (C=O) groups excluding carboxylic acids is 1. The minimum atomic E-state index is -0.386. The van der Waals surface area contributed by atoms with E-state index in [0.29, 0.717) is 5.76 Å². The standard InChI is InChI=1S/C22H36O3/c1-3-4-5-6-7-8-9-10-11-12-13-15-19(2)21(23)18-20-16-14-17-22(24)25-20/h14,16-17,19H,3-13,15,18H2,1-2H3. The van der Waals surface area contributed by atoms with Gasteiger partial charge in [-0.3, -0.25) is 4.79 Å². The summed E-state index contributed by atoms with van der Waals surface area (Å²) in [5.41, 5.74) is -0.386. The van der Waals surface area contributed by atoms with Crippen LogP contribution in [0.1, 0.15) is 96.7 Å². The number of hydrogen-bond acceptors (Lipinski definition) is 3. The maximum atomic E-state index is 12.2. The third-order valence-electron chi connectivity index (χ3n) is 4.88. The van der Waals surface area contributed by atoms with Crippen LogP contribution < -0.4 is 5.63 Å². The molecule has 0 aliphatic heterocycles. The lowest BCUT2D eigenvalue weighted by atomic mass is 9.95. The molecule has 0 N–H and O–H groups in total. The Hall–Kier alpha value is -1.38. The molecule has 0 bridgehead atoms. The number of hydrogen-bond donors (Lipinski definition) is 0. The van der Waals surface area contributed by atoms with Crippen molar-refractivity contribution in [3.8, 4) is 0 Å². The molecule has 1 aromatic rings. The molecular formula is C22H36O3. The molecule has 25 heavy (non-hydrogen) atoms. The van der Waals surface area contributed by atoms with E-state index < -0.39 is 0 Å². The smallest absolute Gasteiger partial charge is 0.335 e. The Labute approximate surface area is 153 Å². The van der Waals surface area contributed by atoms with E-state index in [0.717, 1.165) is 12.8 Å². The van der Waals surface area contributed by atoms with Crippen LogP contribution in [0.25, 0.3) is 0 Å². The van der Waals surface area contributed by atoms with Crippen LogP contribution in [0.2, 0.25) is 0 Å². The fourth-order valence-corrected chi connectivity index (χ4v) is 3.15. The quantitative estimate of drug-likeness (QED) is 0.360. The van der Waals surface area contributed by atoms with Gasteiger partial charge in [-0.15, -0.1) is 0 Å². The van der Waals surface area contributed by atoms with Gasteiger partial charge in [-0.05, 0) is 12.5 Å². The highest BCUT2D eigenvalue weighted by molar-refractivity contribution is 5.82. The summed E-state index contributed by atoms with van der Waals surface area (Å²) >= 11 is 0. The molecule has 1 rings (SSSR count). The fraction of sp³-hybridized carbons (Fsp3) is 0.727. The lowest BCUT2D eigenvalue weighted by Crippen LogP contribution is -2.14. The van der Waals surface area contributed by atoms with E-state index in [1.54, 1.807) is 12.1 Å². The SMILES string of the molecule is CCCCCCCCCCCCCC(C)C(=O)Cc1cccc(=O)o1. The second kappa shape index (κ2) is 13.9. The molecule has 3 nitrogen and oxygen atoms in total. The van der Waals surface area contributed by atoms with E-state index in [2.05, 4.69) is 6.92 Å². The van der Waals surface area contributed by atoms with Crippen molar-refractivity contribution in [1.82, 2.24) is 0 Å². The number of carbonyl (C=O) groups is 1. The molecule has 0 radical (unpaired) electrons. The molecule has 1 unspecified atom stereocenters. The van der Waals surface area contributed by atoms with Crippen molar-refractivity contribution in [1.29, 1.82) is 0 Å². The number of rotatable bonds is 15. The summed E-state index contributed by atoms with van der Waals surface area (Å²) in [6.07, 6.45) is 15.7. The molecule has 1 atom stereocenters. The third kappa shape index (κ3) is 11.0. The third-order valence-corrected chi connectivity index (χ3v) is 4.88. The largest absolute Gasteiger partial charge is 0.427 e. The second-order valence-electron chi connectivity index (χ2n) is 7.28. The Balaban J connectivity index is 2.00. The van der Waals surface area contributed by atoms with Crippen molar-refractivity contribution in [3.05, 3.63) is 34.4 Å². The van der Waals surface area contributed by atoms with Gasteiger partial charge in [-0.2, -0.15) is 0 Å². The lowest BCUT2D eigenvalue weighted by molar-refractivity contribution is -0.122. The van der Waals surface area contributed by atoms with Crippen LogP contribution in [-0.4, -0.2) is 5.78 Å². The van der Waals surface area contributed by atoms with Gasteiger partial charge in [0.15, 0.2) is 0 Å². The van der Waals surface area contributed by atoms with Gasteiger partial charge in [0.05, 0.1) is 6.42 Å². The average molecular weight is 349 g/mol. The molecule has 1 aromatic heterocycles. The summed E-state index contributed by atoms with van der Waals surface area (Å²) in [5, 5.41) is 0. The first kappa shape index (κ1) is 21.7. The van der Waals surface area contributed by atoms with Gasteiger partial charge < -0.3 is 4.42 Å². The predicted octanol–water partition coefficient (Wildman–Crippen LogP) is 6.09. The highest BCUT2D eigenvalue weighted by atomic mass is 16.4. The first-order valence-corrected chi connectivity index (χ1v) is 10.2. The minimum Gasteiger partial charge on any atom is -0.427 e. The van der Waals surface area contributed by atoms with Crippen molar-refractivity contribution >= 4 is 5.78 Å². The van der Waals surface area contributed by atoms with E-state index in [1.807, 2.05) is 6.92 Å². The molecule has 0 saturated heterocycles. The second-order valence-corrected chi connectivity index (χ2v) is 7.28. The normalized spacial score (nSPS) is 12.2. The Morgan fingerprint density at radius 2 is 1.48 bits per heavy atom. The van der Waals surface area contributed by atoms with Crippen LogP contribution in [0.15, 0.2) is 27.4 Å². The van der Waals surface area contributed by atoms with Crippen LogP contribution >= 0.6 is 0 Å². The lowest BCUT2D eigenvalue weighted by Gasteiger charge is -2.09. The molecule has 0 amide bonds. The molecular weight excluding hydrogens is 312 g/mol. The van der Waals surface area contributed by atoms with Gasteiger partial charge >= 0.3 is 5.63 Å². The van der Waals surface area contributed by atoms with E-state index in [-0.39, 0.29) is 23.7 Å². The molecule has 0 aliphatic rings. The number of ketones is 1. The zero-order valence-electron chi connectivity index (χ0n) is 16.2. The highest BCUT2D eigenvalue weighted by Gasteiger charge is 2.14. The zero-order chi connectivity index (χ0) is 18.3. The molecule has 142 valence electrons. The van der Waals surface area contributed by atoms with Gasteiger partial charge in [0.2, 0.25) is 0 Å². The molecule has 0 aromatic carbocycles. The average Bonchev–Trinajstić information content (AvgIpc) is 2.59. The van der Waals surface area contributed by atoms with Crippen LogP contribution in [0, 0.1) is 5.92 Å². The van der Waals surface area contributed by atoms with Crippen LogP contribution in [0.4, 0.5) is 0 Å². The maximum absolute atomic E-state index is 12.2. The van der Waals surface area contributed by atoms with Crippen LogP contribution in [0.5, 0.6) is 0 Å². The topological polar surface area (TPSA) is 47.3 Å². The van der Waals surface area contributed by atoms with Crippen LogP contribution in [-0.2, 0) is 11.2 Å². The van der Waals surface area contributed by atoms with Crippen molar-refractivity contribution < 1.29 is 9.21 Å². The Morgan fingerprint density at radius 3 is 2.04 bits per heavy atom. The van der Waals surface area contributed by atoms with E-state index >= 15 is 0 Å². The minimum absolute atomic E-state index is 0.0454. The highest BCUT2D eigenvalue weighted by Crippen LogP contribution is 2.15. The van der Waals surface area contributed by atoms with Crippen LogP contribution in [0.3, 0.4) is 0 Å². The van der Waals surface area contributed by atoms with Crippen molar-refractivity contribution in [3.63, 3.8) is 0 Å². The Kier molecular flexibility index (Phi) is 12.0. The van der Waals surface area contributed by atoms with E-state index in [9.17, 15) is 9.59 Å². The van der Waals surface area contributed by atoms with Gasteiger partial charge in [-0.25, -0.2) is 4.79 Å². The molecule has 0 spiro atoms. The summed E-state index contributed by atoms with van der Waals surface area (Å²) < 4.78 is 5.03. The summed E-state index contributed by atoms with van der Waals surface area (Å²) in [6.45, 7) is 4.24. The van der Waals surface area contributed by atoms with E-state index in [1.165, 1.54) is 70.3 Å². The van der Waals surface area contributed by atoms with Gasteiger partial charge in [0.25, 0.3) is 0 Å². The predicted molar refractivity (Wildman–Crippen MR) is 104 cm³/mol. The van der Waals surface area contributed by atoms with Crippen molar-refractivity contribution in [2.75, 3.05) is 0 Å². The molecule has 0 saturated carbocycles. The van der Waals surface area contributed by atoms with Crippen molar-refractivity contribution in [2.24, 2.45) is 5.92 Å². The number of Topliss-reactive ketones (excluding diaryl/α,β-unsaturated/α-hetero) is 1. The van der Waals surface area contributed by atoms with Gasteiger partial charge in [0, 0.05) is 12.0 Å². The summed E-state index contributed by atoms with van der Waals surface area (Å²) in [6, 6.07) is 4.71.